The number of amides is 1. The average Bonchev–Trinajstić information content (AvgIpc) is 3.25. The fourth-order valence-electron chi connectivity index (χ4n) is 3.33. The monoisotopic (exact) mass is 325 g/mol. The highest BCUT2D eigenvalue weighted by Crippen LogP contribution is 2.37. The van der Waals surface area contributed by atoms with Crippen molar-refractivity contribution < 1.29 is 19.4 Å². The van der Waals surface area contributed by atoms with Gasteiger partial charge >= 0.3 is 0 Å². The van der Waals surface area contributed by atoms with Gasteiger partial charge in [0, 0.05) is 19.0 Å². The summed E-state index contributed by atoms with van der Waals surface area (Å²) in [6.45, 7) is 1.79. The second kappa shape index (κ2) is 6.07. The van der Waals surface area contributed by atoms with Crippen molar-refractivity contribution in [3.8, 4) is 17.2 Å². The summed E-state index contributed by atoms with van der Waals surface area (Å²) in [5, 5.41) is 9.32. The van der Waals surface area contributed by atoms with Gasteiger partial charge < -0.3 is 19.5 Å². The largest absolute Gasteiger partial charge is 0.508 e. The standard InChI is InChI=1S/C19H19NO4/c21-16-4-1-13(2-5-16)9-19(22)20-8-7-15(11-20)14-3-6-17-18(10-14)24-12-23-17/h1-6,10,15,21H,7-9,11-12H2/t15-/m1/s1. The zero-order chi connectivity index (χ0) is 16.5. The third-order valence-corrected chi connectivity index (χ3v) is 4.70. The number of phenols is 1. The Morgan fingerprint density at radius 2 is 1.92 bits per heavy atom. The highest BCUT2D eigenvalue weighted by Gasteiger charge is 2.28. The van der Waals surface area contributed by atoms with E-state index in [1.807, 2.05) is 17.0 Å². The Bertz CT molecular complexity index is 756. The summed E-state index contributed by atoms with van der Waals surface area (Å²) in [4.78, 5) is 14.4. The average molecular weight is 325 g/mol. The molecule has 0 radical (unpaired) electrons. The van der Waals surface area contributed by atoms with Crippen LogP contribution < -0.4 is 9.47 Å². The minimum absolute atomic E-state index is 0.129. The van der Waals surface area contributed by atoms with Crippen LogP contribution in [-0.2, 0) is 11.2 Å². The summed E-state index contributed by atoms with van der Waals surface area (Å²) < 4.78 is 10.8. The van der Waals surface area contributed by atoms with Gasteiger partial charge in [-0.15, -0.1) is 0 Å². The molecule has 0 unspecified atom stereocenters. The van der Waals surface area contributed by atoms with E-state index in [0.717, 1.165) is 36.6 Å². The molecule has 1 fully saturated rings. The topological polar surface area (TPSA) is 59.0 Å². The number of aromatic hydroxyl groups is 1. The van der Waals surface area contributed by atoms with Gasteiger partial charge in [0.05, 0.1) is 6.42 Å². The van der Waals surface area contributed by atoms with Crippen molar-refractivity contribution in [3.05, 3.63) is 53.6 Å². The smallest absolute Gasteiger partial charge is 0.231 e. The second-order valence-electron chi connectivity index (χ2n) is 6.28. The number of nitrogens with zero attached hydrogens (tertiary/aromatic N) is 1. The van der Waals surface area contributed by atoms with E-state index in [4.69, 9.17) is 9.47 Å². The Morgan fingerprint density at radius 1 is 1.12 bits per heavy atom. The van der Waals surface area contributed by atoms with E-state index < -0.39 is 0 Å². The lowest BCUT2D eigenvalue weighted by Crippen LogP contribution is -2.29. The third kappa shape index (κ3) is 2.89. The van der Waals surface area contributed by atoms with Crippen molar-refractivity contribution in [1.29, 1.82) is 0 Å². The van der Waals surface area contributed by atoms with Gasteiger partial charge in [-0.2, -0.15) is 0 Å². The van der Waals surface area contributed by atoms with Gasteiger partial charge in [-0.25, -0.2) is 0 Å². The molecule has 1 atom stereocenters. The van der Waals surface area contributed by atoms with E-state index in [-0.39, 0.29) is 18.4 Å². The first kappa shape index (κ1) is 14.9. The van der Waals surface area contributed by atoms with Crippen LogP contribution in [0.5, 0.6) is 17.2 Å². The van der Waals surface area contributed by atoms with Gasteiger partial charge in [-0.3, -0.25) is 4.79 Å². The Balaban J connectivity index is 1.40. The van der Waals surface area contributed by atoms with Crippen LogP contribution in [0.3, 0.4) is 0 Å². The minimum Gasteiger partial charge on any atom is -0.508 e. The van der Waals surface area contributed by atoms with E-state index in [2.05, 4.69) is 6.07 Å². The lowest BCUT2D eigenvalue weighted by molar-refractivity contribution is -0.129. The van der Waals surface area contributed by atoms with E-state index >= 15 is 0 Å². The summed E-state index contributed by atoms with van der Waals surface area (Å²) in [6.07, 6.45) is 1.33. The van der Waals surface area contributed by atoms with Crippen molar-refractivity contribution in [2.75, 3.05) is 19.9 Å². The van der Waals surface area contributed by atoms with Gasteiger partial charge in [0.25, 0.3) is 0 Å². The van der Waals surface area contributed by atoms with Crippen LogP contribution in [0.25, 0.3) is 0 Å². The number of ether oxygens (including phenoxy) is 2. The summed E-state index contributed by atoms with van der Waals surface area (Å²) in [5.74, 6) is 2.26. The number of benzene rings is 2. The Kier molecular flexibility index (Phi) is 3.76. The van der Waals surface area contributed by atoms with Gasteiger partial charge in [-0.05, 0) is 41.8 Å². The van der Waals surface area contributed by atoms with Gasteiger partial charge in [0.15, 0.2) is 11.5 Å². The SMILES string of the molecule is O=C(Cc1ccc(O)cc1)N1CC[C@@H](c2ccc3c(c2)OCO3)C1. The van der Waals surface area contributed by atoms with Crippen molar-refractivity contribution in [3.63, 3.8) is 0 Å². The lowest BCUT2D eigenvalue weighted by atomic mass is 9.98. The molecule has 1 amide bonds. The first-order valence-corrected chi connectivity index (χ1v) is 8.14. The van der Waals surface area contributed by atoms with Crippen LogP contribution in [0.2, 0.25) is 0 Å². The van der Waals surface area contributed by atoms with E-state index in [9.17, 15) is 9.90 Å². The zero-order valence-electron chi connectivity index (χ0n) is 13.3. The molecule has 2 aliphatic heterocycles. The molecule has 0 aromatic heterocycles. The van der Waals surface area contributed by atoms with Crippen LogP contribution in [0.1, 0.15) is 23.5 Å². The summed E-state index contributed by atoms with van der Waals surface area (Å²) >= 11 is 0. The molecule has 124 valence electrons. The van der Waals surface area contributed by atoms with Gasteiger partial charge in [0.1, 0.15) is 5.75 Å². The van der Waals surface area contributed by atoms with Gasteiger partial charge in [0.2, 0.25) is 12.7 Å². The summed E-state index contributed by atoms with van der Waals surface area (Å²) in [6, 6.07) is 12.8. The first-order valence-electron chi connectivity index (χ1n) is 8.14. The molecule has 1 saturated heterocycles. The minimum atomic E-state index is 0.129. The van der Waals surface area contributed by atoms with Gasteiger partial charge in [-0.1, -0.05) is 18.2 Å². The molecule has 1 N–H and O–H groups in total. The number of carbonyl (C=O) groups excluding carboxylic acids is 1. The fraction of sp³-hybridized carbons (Fsp3) is 0.316. The predicted octanol–water partition coefficient (Wildman–Crippen LogP) is 2.68. The highest BCUT2D eigenvalue weighted by molar-refractivity contribution is 5.79. The Labute approximate surface area is 140 Å². The van der Waals surface area contributed by atoms with Crippen LogP contribution in [0.15, 0.2) is 42.5 Å². The Morgan fingerprint density at radius 3 is 2.75 bits per heavy atom. The maximum atomic E-state index is 12.5. The maximum absolute atomic E-state index is 12.5. The molecule has 2 aromatic carbocycles. The molecular formula is C19H19NO4. The molecule has 0 spiro atoms. The number of hydrogen-bond acceptors (Lipinski definition) is 4. The van der Waals surface area contributed by atoms with Crippen molar-refractivity contribution in [2.45, 2.75) is 18.8 Å². The number of rotatable bonds is 3. The van der Waals surface area contributed by atoms with Crippen LogP contribution in [0.4, 0.5) is 0 Å². The summed E-state index contributed by atoms with van der Waals surface area (Å²) in [5.41, 5.74) is 2.11. The Hall–Kier alpha value is -2.69. The van der Waals surface area contributed by atoms with Crippen LogP contribution in [0, 0.1) is 0 Å². The molecule has 2 heterocycles. The molecule has 5 heteroatoms. The molecule has 5 nitrogen and oxygen atoms in total. The first-order chi connectivity index (χ1) is 11.7. The molecule has 2 aliphatic rings. The van der Waals surface area contributed by atoms with E-state index in [1.54, 1.807) is 24.3 Å². The molecule has 2 aromatic rings. The second-order valence-corrected chi connectivity index (χ2v) is 6.28. The number of likely N-dealkylation sites (tertiary alicyclic amines) is 1. The molecule has 0 aliphatic carbocycles. The fourth-order valence-corrected chi connectivity index (χ4v) is 3.33. The maximum Gasteiger partial charge on any atom is 0.231 e. The van der Waals surface area contributed by atoms with Crippen molar-refractivity contribution in [2.24, 2.45) is 0 Å². The van der Waals surface area contributed by atoms with E-state index in [0.29, 0.717) is 12.3 Å². The van der Waals surface area contributed by atoms with Crippen LogP contribution in [-0.4, -0.2) is 35.8 Å². The molecule has 4 rings (SSSR count). The molecule has 0 saturated carbocycles. The third-order valence-electron chi connectivity index (χ3n) is 4.70. The number of carbonyl (C=O) groups is 1. The summed E-state index contributed by atoms with van der Waals surface area (Å²) in [7, 11) is 0. The number of phenolic OH excluding ortho intramolecular Hbond substituents is 1. The molecule has 24 heavy (non-hydrogen) atoms. The highest BCUT2D eigenvalue weighted by atomic mass is 16.7. The van der Waals surface area contributed by atoms with Crippen molar-refractivity contribution in [1.82, 2.24) is 4.90 Å². The quantitative estimate of drug-likeness (QED) is 0.942. The van der Waals surface area contributed by atoms with E-state index in [1.165, 1.54) is 5.56 Å². The normalized spacial score (nSPS) is 18.8. The zero-order valence-corrected chi connectivity index (χ0v) is 13.3. The number of hydrogen-bond donors (Lipinski definition) is 1. The number of fused-ring (bicyclic) bond motifs is 1. The molecule has 0 bridgehead atoms. The molecular weight excluding hydrogens is 306 g/mol. The predicted molar refractivity (Wildman–Crippen MR) is 88.3 cm³/mol. The van der Waals surface area contributed by atoms with Crippen LogP contribution >= 0.6 is 0 Å². The van der Waals surface area contributed by atoms with Crippen molar-refractivity contribution >= 4 is 5.91 Å². The lowest BCUT2D eigenvalue weighted by Gasteiger charge is -2.17.